The van der Waals surface area contributed by atoms with Crippen LogP contribution >= 0.6 is 11.3 Å². The number of amides is 1. The molecule has 0 saturated heterocycles. The Hall–Kier alpha value is -2.39. The smallest absolute Gasteiger partial charge is 0.239 e. The van der Waals surface area contributed by atoms with E-state index in [4.69, 9.17) is 0 Å². The molecule has 1 amide bonds. The molecule has 0 aliphatic carbocycles. The van der Waals surface area contributed by atoms with Crippen LogP contribution in [-0.4, -0.2) is 5.91 Å². The number of hydrogen-bond acceptors (Lipinski definition) is 2. The van der Waals surface area contributed by atoms with Crippen LogP contribution in [0.4, 0.5) is 11.4 Å². The maximum atomic E-state index is 13.1. The standard InChI is InChI=1S/C20H17NOS/c1-14-11-12-23-19(14)13-17-16-9-5-6-10-18(16)21(20(17)22)15-7-3-2-4-8-15/h2-12,17H,13H2,1H3. The van der Waals surface area contributed by atoms with Gasteiger partial charge in [0.2, 0.25) is 5.91 Å². The third-order valence-electron chi connectivity index (χ3n) is 4.44. The van der Waals surface area contributed by atoms with E-state index in [9.17, 15) is 4.79 Å². The minimum atomic E-state index is -0.0937. The van der Waals surface area contributed by atoms with Gasteiger partial charge in [0.1, 0.15) is 0 Å². The summed E-state index contributed by atoms with van der Waals surface area (Å²) in [5, 5.41) is 2.10. The summed E-state index contributed by atoms with van der Waals surface area (Å²) in [5.41, 5.74) is 4.37. The first kappa shape index (κ1) is 14.2. The summed E-state index contributed by atoms with van der Waals surface area (Å²) in [6.45, 7) is 2.12. The zero-order chi connectivity index (χ0) is 15.8. The molecule has 1 aliphatic heterocycles. The van der Waals surface area contributed by atoms with Crippen molar-refractivity contribution in [1.82, 2.24) is 0 Å². The molecule has 1 atom stereocenters. The largest absolute Gasteiger partial charge is 0.280 e. The van der Waals surface area contributed by atoms with Gasteiger partial charge in [0.15, 0.2) is 0 Å². The van der Waals surface area contributed by atoms with E-state index in [2.05, 4.69) is 24.4 Å². The fourth-order valence-corrected chi connectivity index (χ4v) is 4.19. The van der Waals surface area contributed by atoms with Crippen LogP contribution in [0, 0.1) is 6.92 Å². The normalized spacial score (nSPS) is 16.7. The van der Waals surface area contributed by atoms with Gasteiger partial charge in [-0.05, 0) is 54.1 Å². The Bertz CT molecular complexity index is 853. The van der Waals surface area contributed by atoms with Gasteiger partial charge in [0, 0.05) is 10.6 Å². The Balaban J connectivity index is 1.77. The highest BCUT2D eigenvalue weighted by molar-refractivity contribution is 7.10. The van der Waals surface area contributed by atoms with Gasteiger partial charge >= 0.3 is 0 Å². The lowest BCUT2D eigenvalue weighted by Crippen LogP contribution is -2.24. The summed E-state index contributed by atoms with van der Waals surface area (Å²) >= 11 is 1.74. The Morgan fingerprint density at radius 1 is 1.00 bits per heavy atom. The lowest BCUT2D eigenvalue weighted by Gasteiger charge is -2.18. The predicted molar refractivity (Wildman–Crippen MR) is 95.5 cm³/mol. The van der Waals surface area contributed by atoms with Gasteiger partial charge < -0.3 is 0 Å². The summed E-state index contributed by atoms with van der Waals surface area (Å²) in [7, 11) is 0. The number of rotatable bonds is 3. The molecule has 4 rings (SSSR count). The van der Waals surface area contributed by atoms with E-state index < -0.39 is 0 Å². The molecule has 23 heavy (non-hydrogen) atoms. The number of fused-ring (bicyclic) bond motifs is 1. The highest BCUT2D eigenvalue weighted by Crippen LogP contribution is 2.43. The molecular formula is C20H17NOS. The minimum Gasteiger partial charge on any atom is -0.280 e. The fraction of sp³-hybridized carbons (Fsp3) is 0.150. The van der Waals surface area contributed by atoms with Crippen molar-refractivity contribution < 1.29 is 4.79 Å². The van der Waals surface area contributed by atoms with Crippen LogP contribution < -0.4 is 4.90 Å². The second-order valence-electron chi connectivity index (χ2n) is 5.85. The first-order valence-electron chi connectivity index (χ1n) is 7.76. The molecule has 0 bridgehead atoms. The van der Waals surface area contributed by atoms with Crippen molar-refractivity contribution in [2.45, 2.75) is 19.3 Å². The molecule has 3 aromatic rings. The molecule has 2 heterocycles. The quantitative estimate of drug-likeness (QED) is 0.660. The fourth-order valence-electron chi connectivity index (χ4n) is 3.23. The van der Waals surface area contributed by atoms with Crippen LogP contribution in [0.15, 0.2) is 66.0 Å². The van der Waals surface area contributed by atoms with Crippen molar-refractivity contribution in [1.29, 1.82) is 0 Å². The lowest BCUT2D eigenvalue weighted by atomic mass is 9.95. The third-order valence-corrected chi connectivity index (χ3v) is 5.49. The number of para-hydroxylation sites is 2. The van der Waals surface area contributed by atoms with E-state index in [0.29, 0.717) is 0 Å². The molecule has 114 valence electrons. The highest BCUT2D eigenvalue weighted by atomic mass is 32.1. The Morgan fingerprint density at radius 2 is 1.74 bits per heavy atom. The summed E-state index contributed by atoms with van der Waals surface area (Å²) in [6, 6.07) is 20.2. The SMILES string of the molecule is Cc1ccsc1CC1C(=O)N(c2ccccc2)c2ccccc21. The second-order valence-corrected chi connectivity index (χ2v) is 6.85. The van der Waals surface area contributed by atoms with E-state index in [1.165, 1.54) is 10.4 Å². The molecular weight excluding hydrogens is 302 g/mol. The summed E-state index contributed by atoms with van der Waals surface area (Å²) in [5.74, 6) is 0.0777. The number of hydrogen-bond donors (Lipinski definition) is 0. The number of anilines is 2. The lowest BCUT2D eigenvalue weighted by molar-refractivity contribution is -0.118. The molecule has 1 aliphatic rings. The van der Waals surface area contributed by atoms with Crippen molar-refractivity contribution in [2.75, 3.05) is 4.90 Å². The van der Waals surface area contributed by atoms with Gasteiger partial charge in [-0.25, -0.2) is 0 Å². The van der Waals surface area contributed by atoms with E-state index in [-0.39, 0.29) is 11.8 Å². The van der Waals surface area contributed by atoms with Crippen molar-refractivity contribution in [3.05, 3.63) is 82.0 Å². The molecule has 2 nitrogen and oxygen atoms in total. The number of thiophene rings is 1. The maximum Gasteiger partial charge on any atom is 0.239 e. The third kappa shape index (κ3) is 2.37. The van der Waals surface area contributed by atoms with E-state index >= 15 is 0 Å². The molecule has 0 spiro atoms. The Morgan fingerprint density at radius 3 is 2.48 bits per heavy atom. The number of carbonyl (C=O) groups excluding carboxylic acids is 1. The summed E-state index contributed by atoms with van der Waals surface area (Å²) in [6.07, 6.45) is 0.780. The number of aryl methyl sites for hydroxylation is 1. The number of benzene rings is 2. The van der Waals surface area contributed by atoms with E-state index in [0.717, 1.165) is 23.4 Å². The molecule has 0 radical (unpaired) electrons. The van der Waals surface area contributed by atoms with E-state index in [1.807, 2.05) is 53.4 Å². The Labute approximate surface area is 140 Å². The van der Waals surface area contributed by atoms with Gasteiger partial charge in [-0.2, -0.15) is 0 Å². The monoisotopic (exact) mass is 319 g/mol. The van der Waals surface area contributed by atoms with Gasteiger partial charge in [0.05, 0.1) is 11.6 Å². The maximum absolute atomic E-state index is 13.1. The second kappa shape index (κ2) is 5.67. The average molecular weight is 319 g/mol. The van der Waals surface area contributed by atoms with Crippen molar-refractivity contribution in [3.63, 3.8) is 0 Å². The molecule has 0 fully saturated rings. The molecule has 0 N–H and O–H groups in total. The number of nitrogens with zero attached hydrogens (tertiary/aromatic N) is 1. The highest BCUT2D eigenvalue weighted by Gasteiger charge is 2.38. The predicted octanol–water partition coefficient (Wildman–Crippen LogP) is 5.06. The molecule has 1 unspecified atom stereocenters. The Kier molecular flexibility index (Phi) is 3.50. The molecule has 3 heteroatoms. The van der Waals surface area contributed by atoms with Crippen LogP contribution in [0.1, 0.15) is 21.9 Å². The van der Waals surface area contributed by atoms with Gasteiger partial charge in [-0.3, -0.25) is 9.69 Å². The van der Waals surface area contributed by atoms with Crippen molar-refractivity contribution >= 4 is 28.6 Å². The van der Waals surface area contributed by atoms with E-state index in [1.54, 1.807) is 11.3 Å². The van der Waals surface area contributed by atoms with Crippen molar-refractivity contribution in [2.24, 2.45) is 0 Å². The molecule has 2 aromatic carbocycles. The van der Waals surface area contributed by atoms with Crippen LogP contribution in [-0.2, 0) is 11.2 Å². The van der Waals surface area contributed by atoms with Crippen LogP contribution in [0.25, 0.3) is 0 Å². The zero-order valence-corrected chi connectivity index (χ0v) is 13.7. The first-order chi connectivity index (χ1) is 11.3. The molecule has 0 saturated carbocycles. The van der Waals surface area contributed by atoms with Gasteiger partial charge in [-0.15, -0.1) is 11.3 Å². The van der Waals surface area contributed by atoms with Gasteiger partial charge in [-0.1, -0.05) is 36.4 Å². The average Bonchev–Trinajstić information content (AvgIpc) is 3.11. The summed E-state index contributed by atoms with van der Waals surface area (Å²) < 4.78 is 0. The zero-order valence-electron chi connectivity index (χ0n) is 12.9. The molecule has 1 aromatic heterocycles. The van der Waals surface area contributed by atoms with Crippen LogP contribution in [0.5, 0.6) is 0 Å². The number of carbonyl (C=O) groups is 1. The topological polar surface area (TPSA) is 20.3 Å². The summed E-state index contributed by atoms with van der Waals surface area (Å²) in [4.78, 5) is 16.3. The minimum absolute atomic E-state index is 0.0937. The van der Waals surface area contributed by atoms with Gasteiger partial charge in [0.25, 0.3) is 0 Å². The van der Waals surface area contributed by atoms with Crippen LogP contribution in [0.2, 0.25) is 0 Å². The van der Waals surface area contributed by atoms with Crippen molar-refractivity contribution in [3.8, 4) is 0 Å². The first-order valence-corrected chi connectivity index (χ1v) is 8.64. The van der Waals surface area contributed by atoms with Crippen LogP contribution in [0.3, 0.4) is 0 Å².